The van der Waals surface area contributed by atoms with Crippen molar-refractivity contribution in [2.45, 2.75) is 31.8 Å². The Balaban J connectivity index is 1.61. The quantitative estimate of drug-likeness (QED) is 0.655. The van der Waals surface area contributed by atoms with Crippen molar-refractivity contribution in [1.29, 1.82) is 0 Å². The molecule has 9 heteroatoms. The van der Waals surface area contributed by atoms with E-state index in [4.69, 9.17) is 0 Å². The van der Waals surface area contributed by atoms with Gasteiger partial charge in [0.1, 0.15) is 17.7 Å². The normalized spacial score (nSPS) is 16.9. The van der Waals surface area contributed by atoms with E-state index < -0.39 is 6.04 Å². The molecule has 1 aliphatic rings. The van der Waals surface area contributed by atoms with Crippen molar-refractivity contribution in [3.8, 4) is 0 Å². The minimum atomic E-state index is -0.624. The van der Waals surface area contributed by atoms with Crippen LogP contribution in [0.4, 0.5) is 10.1 Å². The van der Waals surface area contributed by atoms with E-state index in [9.17, 15) is 14.1 Å². The van der Waals surface area contributed by atoms with Gasteiger partial charge in [-0.15, -0.1) is 0 Å². The van der Waals surface area contributed by atoms with Crippen LogP contribution in [0.3, 0.4) is 0 Å². The third-order valence-corrected chi connectivity index (χ3v) is 4.32. The van der Waals surface area contributed by atoms with Gasteiger partial charge < -0.3 is 16.1 Å². The fourth-order valence-electron chi connectivity index (χ4n) is 2.93. The molecule has 2 heterocycles. The number of halogens is 1. The van der Waals surface area contributed by atoms with Crippen molar-refractivity contribution in [2.75, 3.05) is 23.8 Å². The van der Waals surface area contributed by atoms with E-state index in [2.05, 4.69) is 26.2 Å². The number of nitrogens with zero attached hydrogens (tertiary/aromatic N) is 3. The fraction of sp³-hybridized carbons (Fsp3) is 0.412. The Kier molecular flexibility index (Phi) is 5.45. The number of amides is 1. The zero-order valence-electron chi connectivity index (χ0n) is 14.4. The Morgan fingerprint density at radius 1 is 1.50 bits per heavy atom. The molecule has 0 bridgehead atoms. The number of hydrogen-bond donors (Lipinski definition) is 3. The first-order valence-electron chi connectivity index (χ1n) is 8.46. The highest BCUT2D eigenvalue weighted by molar-refractivity contribution is 5.72. The number of nitrogens with one attached hydrogen (secondary N) is 3. The lowest BCUT2D eigenvalue weighted by atomic mass is 10.00. The Bertz CT molecular complexity index is 793. The van der Waals surface area contributed by atoms with Crippen molar-refractivity contribution in [3.05, 3.63) is 52.7 Å². The van der Waals surface area contributed by atoms with Crippen molar-refractivity contribution < 1.29 is 9.18 Å². The molecule has 3 rings (SSSR count). The molecule has 0 saturated heterocycles. The first-order valence-corrected chi connectivity index (χ1v) is 8.46. The number of aromatic nitrogens is 2. The third kappa shape index (κ3) is 4.16. The Hall–Kier alpha value is -2.97. The topological polar surface area (TPSA) is 100 Å². The average molecular weight is 360 g/mol. The maximum absolute atomic E-state index is 14.5. The number of carbonyl (C=O) groups is 1. The summed E-state index contributed by atoms with van der Waals surface area (Å²) in [6.07, 6.45) is 5.07. The van der Waals surface area contributed by atoms with Gasteiger partial charge in [-0.25, -0.2) is 9.37 Å². The second kappa shape index (κ2) is 7.94. The molecular weight excluding hydrogens is 339 g/mol. The number of benzene rings is 1. The predicted octanol–water partition coefficient (Wildman–Crippen LogP) is 1.94. The van der Waals surface area contributed by atoms with Crippen LogP contribution in [0, 0.1) is 10.7 Å². The maximum atomic E-state index is 14.5. The standard InChI is InChI=1S/C17H21FN6O2/c1-11(25)20-9-13(23-26)10-21-12-2-3-14(15(18)8-12)16-4-5-17-19-6-7-24(17)22-16/h2-3,6-8,13,16,21-22H,4-5,9-10H2,1H3,(H,20,25). The lowest BCUT2D eigenvalue weighted by Crippen LogP contribution is -2.33. The second-order valence-corrected chi connectivity index (χ2v) is 6.25. The first kappa shape index (κ1) is 17.8. The van der Waals surface area contributed by atoms with Crippen molar-refractivity contribution >= 4 is 11.6 Å². The van der Waals surface area contributed by atoms with E-state index in [-0.39, 0.29) is 30.9 Å². The zero-order chi connectivity index (χ0) is 18.5. The monoisotopic (exact) mass is 360 g/mol. The lowest BCUT2D eigenvalue weighted by Gasteiger charge is -2.27. The number of aryl methyl sites for hydroxylation is 1. The van der Waals surface area contributed by atoms with Crippen LogP contribution in [0.25, 0.3) is 0 Å². The molecule has 1 aliphatic heterocycles. The van der Waals surface area contributed by atoms with Crippen LogP contribution in [-0.2, 0) is 11.2 Å². The minimum absolute atomic E-state index is 0.130. The summed E-state index contributed by atoms with van der Waals surface area (Å²) in [6.45, 7) is 1.73. The van der Waals surface area contributed by atoms with Gasteiger partial charge >= 0.3 is 0 Å². The van der Waals surface area contributed by atoms with E-state index in [0.717, 1.165) is 18.7 Å². The average Bonchev–Trinajstić information content (AvgIpc) is 3.09. The summed E-state index contributed by atoms with van der Waals surface area (Å²) in [7, 11) is 0. The number of nitroso groups, excluding NO2 is 1. The summed E-state index contributed by atoms with van der Waals surface area (Å²) in [6, 6.07) is 4.15. The van der Waals surface area contributed by atoms with Gasteiger partial charge in [0.05, 0.1) is 6.04 Å². The number of fused-ring (bicyclic) bond motifs is 1. The molecule has 0 radical (unpaired) electrons. The minimum Gasteiger partial charge on any atom is -0.383 e. The molecule has 0 saturated carbocycles. The summed E-state index contributed by atoms with van der Waals surface area (Å²) in [5.74, 6) is 0.384. The smallest absolute Gasteiger partial charge is 0.216 e. The molecule has 3 N–H and O–H groups in total. The van der Waals surface area contributed by atoms with Gasteiger partial charge in [0.15, 0.2) is 0 Å². The number of anilines is 1. The third-order valence-electron chi connectivity index (χ3n) is 4.32. The summed E-state index contributed by atoms with van der Waals surface area (Å²) < 4.78 is 16.4. The van der Waals surface area contributed by atoms with E-state index in [1.807, 2.05) is 10.9 Å². The molecule has 2 aromatic rings. The number of imidazole rings is 1. The molecule has 8 nitrogen and oxygen atoms in total. The SMILES string of the molecule is CC(=O)NCC(CNc1ccc(C2CCc3nccn3N2)c(F)c1)N=O. The molecule has 0 fully saturated rings. The van der Waals surface area contributed by atoms with Crippen LogP contribution in [0.2, 0.25) is 0 Å². The Morgan fingerprint density at radius 2 is 2.35 bits per heavy atom. The van der Waals surface area contributed by atoms with E-state index in [1.165, 1.54) is 13.0 Å². The molecule has 1 aromatic heterocycles. The summed E-state index contributed by atoms with van der Waals surface area (Å²) in [4.78, 5) is 25.9. The van der Waals surface area contributed by atoms with Crippen LogP contribution < -0.4 is 16.1 Å². The molecule has 2 unspecified atom stereocenters. The van der Waals surface area contributed by atoms with E-state index >= 15 is 0 Å². The van der Waals surface area contributed by atoms with Crippen molar-refractivity contribution in [1.82, 2.24) is 15.0 Å². The lowest BCUT2D eigenvalue weighted by molar-refractivity contribution is -0.119. The fourth-order valence-corrected chi connectivity index (χ4v) is 2.93. The van der Waals surface area contributed by atoms with Gasteiger partial charge in [-0.3, -0.25) is 9.47 Å². The van der Waals surface area contributed by atoms with Crippen molar-refractivity contribution in [2.24, 2.45) is 5.18 Å². The molecule has 26 heavy (non-hydrogen) atoms. The Labute approximate surface area is 150 Å². The molecule has 0 aliphatic carbocycles. The maximum Gasteiger partial charge on any atom is 0.216 e. The van der Waals surface area contributed by atoms with Gasteiger partial charge in [-0.2, -0.15) is 4.91 Å². The number of carbonyl (C=O) groups excluding carboxylic acids is 1. The van der Waals surface area contributed by atoms with Gasteiger partial charge in [0.25, 0.3) is 0 Å². The molecule has 138 valence electrons. The summed E-state index contributed by atoms with van der Waals surface area (Å²) in [5.41, 5.74) is 4.38. The van der Waals surface area contributed by atoms with Gasteiger partial charge in [-0.05, 0) is 18.6 Å². The summed E-state index contributed by atoms with van der Waals surface area (Å²) >= 11 is 0. The first-order chi connectivity index (χ1) is 12.6. The molecule has 0 spiro atoms. The van der Waals surface area contributed by atoms with Crippen LogP contribution in [0.5, 0.6) is 0 Å². The molecule has 1 aromatic carbocycles. The van der Waals surface area contributed by atoms with Crippen molar-refractivity contribution in [3.63, 3.8) is 0 Å². The van der Waals surface area contributed by atoms with E-state index in [0.29, 0.717) is 11.3 Å². The highest BCUT2D eigenvalue weighted by atomic mass is 19.1. The zero-order valence-corrected chi connectivity index (χ0v) is 14.4. The van der Waals surface area contributed by atoms with Crippen LogP contribution in [0.1, 0.15) is 30.8 Å². The predicted molar refractivity (Wildman–Crippen MR) is 95.8 cm³/mol. The molecule has 1 amide bonds. The van der Waals surface area contributed by atoms with E-state index in [1.54, 1.807) is 18.3 Å². The Morgan fingerprint density at radius 3 is 3.08 bits per heavy atom. The highest BCUT2D eigenvalue weighted by Crippen LogP contribution is 2.27. The highest BCUT2D eigenvalue weighted by Gasteiger charge is 2.22. The second-order valence-electron chi connectivity index (χ2n) is 6.25. The number of hydrogen-bond acceptors (Lipinski definition) is 6. The van der Waals surface area contributed by atoms with Crippen LogP contribution >= 0.6 is 0 Å². The number of rotatable bonds is 7. The van der Waals surface area contributed by atoms with Crippen LogP contribution in [-0.4, -0.2) is 34.7 Å². The summed E-state index contributed by atoms with van der Waals surface area (Å²) in [5, 5.41) is 8.49. The molecular formula is C17H21FN6O2. The van der Waals surface area contributed by atoms with Crippen LogP contribution in [0.15, 0.2) is 35.8 Å². The van der Waals surface area contributed by atoms with Gasteiger partial charge in [0.2, 0.25) is 5.91 Å². The molecule has 2 atom stereocenters. The van der Waals surface area contributed by atoms with Gasteiger partial charge in [0, 0.05) is 50.1 Å². The largest absolute Gasteiger partial charge is 0.383 e. The van der Waals surface area contributed by atoms with Gasteiger partial charge in [-0.1, -0.05) is 11.2 Å².